The van der Waals surface area contributed by atoms with Crippen molar-refractivity contribution in [3.8, 4) is 0 Å². The van der Waals surface area contributed by atoms with E-state index in [0.717, 1.165) is 34.5 Å². The fourth-order valence-electron chi connectivity index (χ4n) is 2.59. The molecule has 2 heterocycles. The Morgan fingerprint density at radius 2 is 2.14 bits per heavy atom. The molecular formula is C14H16N4O2S2. The fraction of sp³-hybridized carbons (Fsp3) is 0.429. The molecule has 3 amide bonds. The van der Waals surface area contributed by atoms with E-state index < -0.39 is 17.2 Å². The van der Waals surface area contributed by atoms with Crippen LogP contribution in [0.15, 0.2) is 5.03 Å². The molecule has 3 N–H and O–H groups in total. The van der Waals surface area contributed by atoms with Gasteiger partial charge in [0, 0.05) is 10.3 Å². The maximum Gasteiger partial charge on any atom is 0.318 e. The average molecular weight is 336 g/mol. The average Bonchev–Trinajstić information content (AvgIpc) is 2.97. The number of fused-ring (bicyclic) bond motifs is 3. The number of aromatic nitrogens is 2. The maximum atomic E-state index is 11.9. The van der Waals surface area contributed by atoms with Gasteiger partial charge >= 0.3 is 6.03 Å². The number of aryl methyl sites for hydroxylation is 3. The molecule has 1 aliphatic carbocycles. The standard InChI is InChI=1S/C14H16N4O2S2/c1-6(11(19)18-14(15)20)21-12-10-8-4-3-5-9(8)22-13(10)17-7(2)16-12/h6H,3-5H2,1-2H3,(H3,15,18,19,20)/t6-/m0/s1. The molecule has 0 bridgehead atoms. The van der Waals surface area contributed by atoms with Crippen LogP contribution in [0.5, 0.6) is 0 Å². The topological polar surface area (TPSA) is 98.0 Å². The molecule has 1 atom stereocenters. The minimum atomic E-state index is -0.835. The number of amides is 3. The van der Waals surface area contributed by atoms with Crippen LogP contribution in [0, 0.1) is 6.92 Å². The van der Waals surface area contributed by atoms with Crippen molar-refractivity contribution < 1.29 is 9.59 Å². The monoisotopic (exact) mass is 336 g/mol. The number of primary amides is 1. The van der Waals surface area contributed by atoms with Crippen molar-refractivity contribution in [1.29, 1.82) is 0 Å². The predicted molar refractivity (Wildman–Crippen MR) is 87.2 cm³/mol. The summed E-state index contributed by atoms with van der Waals surface area (Å²) >= 11 is 3.07. The van der Waals surface area contributed by atoms with Gasteiger partial charge in [-0.25, -0.2) is 14.8 Å². The van der Waals surface area contributed by atoms with E-state index >= 15 is 0 Å². The molecule has 1 aliphatic rings. The molecule has 0 spiro atoms. The number of carbonyl (C=O) groups is 2. The molecule has 116 valence electrons. The van der Waals surface area contributed by atoms with E-state index in [2.05, 4.69) is 15.3 Å². The number of rotatable bonds is 3. The van der Waals surface area contributed by atoms with Crippen LogP contribution in [-0.2, 0) is 17.6 Å². The van der Waals surface area contributed by atoms with Crippen LogP contribution in [0.4, 0.5) is 4.79 Å². The number of hydrogen-bond donors (Lipinski definition) is 2. The van der Waals surface area contributed by atoms with Gasteiger partial charge in [-0.1, -0.05) is 11.8 Å². The van der Waals surface area contributed by atoms with E-state index in [1.165, 1.54) is 22.2 Å². The molecule has 0 saturated heterocycles. The first-order valence-corrected chi connectivity index (χ1v) is 8.71. The summed E-state index contributed by atoms with van der Waals surface area (Å²) in [5.41, 5.74) is 6.32. The van der Waals surface area contributed by atoms with Crippen molar-refractivity contribution in [2.45, 2.75) is 43.4 Å². The van der Waals surface area contributed by atoms with Crippen molar-refractivity contribution in [3.63, 3.8) is 0 Å². The molecule has 8 heteroatoms. The Morgan fingerprint density at radius 1 is 1.36 bits per heavy atom. The van der Waals surface area contributed by atoms with E-state index in [4.69, 9.17) is 5.73 Å². The molecule has 0 fully saturated rings. The molecule has 2 aromatic heterocycles. The summed E-state index contributed by atoms with van der Waals surface area (Å²) in [5, 5.41) is 3.54. The molecule has 22 heavy (non-hydrogen) atoms. The van der Waals surface area contributed by atoms with Gasteiger partial charge in [0.05, 0.1) is 5.25 Å². The second-order valence-electron chi connectivity index (χ2n) is 5.23. The fourth-order valence-corrected chi connectivity index (χ4v) is 4.99. The van der Waals surface area contributed by atoms with Gasteiger partial charge in [-0.15, -0.1) is 11.3 Å². The van der Waals surface area contributed by atoms with Gasteiger partial charge in [0.2, 0.25) is 5.91 Å². The Morgan fingerprint density at radius 3 is 2.86 bits per heavy atom. The summed E-state index contributed by atoms with van der Waals surface area (Å²) < 4.78 is 0. The summed E-state index contributed by atoms with van der Waals surface area (Å²) in [7, 11) is 0. The lowest BCUT2D eigenvalue weighted by molar-refractivity contribution is -0.119. The molecule has 0 unspecified atom stereocenters. The molecule has 0 aliphatic heterocycles. The van der Waals surface area contributed by atoms with Crippen LogP contribution in [0.1, 0.15) is 29.6 Å². The highest BCUT2D eigenvalue weighted by Gasteiger charge is 2.24. The molecular weight excluding hydrogens is 320 g/mol. The van der Waals surface area contributed by atoms with Gasteiger partial charge in [0.1, 0.15) is 15.7 Å². The normalized spacial score (nSPS) is 14.8. The van der Waals surface area contributed by atoms with Crippen molar-refractivity contribution >= 4 is 45.3 Å². The van der Waals surface area contributed by atoms with Gasteiger partial charge in [-0.2, -0.15) is 0 Å². The summed E-state index contributed by atoms with van der Waals surface area (Å²) in [4.78, 5) is 34.1. The largest absolute Gasteiger partial charge is 0.351 e. The third kappa shape index (κ3) is 2.80. The SMILES string of the molecule is Cc1nc(S[C@@H](C)C(=O)NC(N)=O)c2c3c(sc2n1)CCC3. The van der Waals surface area contributed by atoms with Gasteiger partial charge in [0.25, 0.3) is 0 Å². The first-order valence-electron chi connectivity index (χ1n) is 7.01. The smallest absolute Gasteiger partial charge is 0.318 e. The number of thioether (sulfide) groups is 1. The van der Waals surface area contributed by atoms with Crippen molar-refractivity contribution in [2.75, 3.05) is 0 Å². The van der Waals surface area contributed by atoms with E-state index in [0.29, 0.717) is 5.82 Å². The number of nitrogens with zero attached hydrogens (tertiary/aromatic N) is 2. The number of nitrogens with one attached hydrogen (secondary N) is 1. The Labute approximate surface area is 135 Å². The molecule has 0 aromatic carbocycles. The summed E-state index contributed by atoms with van der Waals surface area (Å²) in [6, 6.07) is -0.835. The molecule has 6 nitrogen and oxygen atoms in total. The number of thiophene rings is 1. The third-order valence-corrected chi connectivity index (χ3v) is 5.82. The van der Waals surface area contributed by atoms with Crippen LogP contribution < -0.4 is 11.1 Å². The van der Waals surface area contributed by atoms with Crippen LogP contribution >= 0.6 is 23.1 Å². The summed E-state index contributed by atoms with van der Waals surface area (Å²) in [6.07, 6.45) is 3.29. The van der Waals surface area contributed by atoms with Crippen LogP contribution in [0.2, 0.25) is 0 Å². The highest BCUT2D eigenvalue weighted by atomic mass is 32.2. The molecule has 2 aromatic rings. The van der Waals surface area contributed by atoms with Crippen molar-refractivity contribution in [3.05, 3.63) is 16.3 Å². The Balaban J connectivity index is 1.96. The van der Waals surface area contributed by atoms with E-state index in [1.807, 2.05) is 6.92 Å². The number of urea groups is 1. The minimum Gasteiger partial charge on any atom is -0.351 e. The van der Waals surface area contributed by atoms with Crippen molar-refractivity contribution in [2.24, 2.45) is 5.73 Å². The second-order valence-corrected chi connectivity index (χ2v) is 7.64. The lowest BCUT2D eigenvalue weighted by Crippen LogP contribution is -2.39. The second kappa shape index (κ2) is 5.85. The molecule has 0 radical (unpaired) electrons. The number of nitrogens with two attached hydrogens (primary N) is 1. The highest BCUT2D eigenvalue weighted by Crippen LogP contribution is 2.41. The highest BCUT2D eigenvalue weighted by molar-refractivity contribution is 8.00. The Bertz CT molecular complexity index is 772. The first kappa shape index (κ1) is 15.2. The predicted octanol–water partition coefficient (Wildman–Crippen LogP) is 2.16. The van der Waals surface area contributed by atoms with Crippen LogP contribution in [0.3, 0.4) is 0 Å². The third-order valence-electron chi connectivity index (χ3n) is 3.55. The zero-order valence-corrected chi connectivity index (χ0v) is 13.9. The lowest BCUT2D eigenvalue weighted by atomic mass is 10.2. The number of hydrogen-bond acceptors (Lipinski definition) is 6. The van der Waals surface area contributed by atoms with E-state index in [-0.39, 0.29) is 0 Å². The number of carbonyl (C=O) groups excluding carboxylic acids is 2. The summed E-state index contributed by atoms with van der Waals surface area (Å²) in [6.45, 7) is 3.58. The Hall–Kier alpha value is -1.67. The minimum absolute atomic E-state index is 0.409. The molecule has 3 rings (SSSR count). The quantitative estimate of drug-likeness (QED) is 0.661. The van der Waals surface area contributed by atoms with Crippen LogP contribution in [-0.4, -0.2) is 27.2 Å². The van der Waals surface area contributed by atoms with Gasteiger partial charge < -0.3 is 5.73 Å². The zero-order valence-electron chi connectivity index (χ0n) is 12.3. The zero-order chi connectivity index (χ0) is 15.9. The summed E-state index contributed by atoms with van der Waals surface area (Å²) in [5.74, 6) is 0.284. The molecule has 0 saturated carbocycles. The van der Waals surface area contributed by atoms with E-state index in [1.54, 1.807) is 18.3 Å². The van der Waals surface area contributed by atoms with E-state index in [9.17, 15) is 9.59 Å². The number of imide groups is 1. The first-order chi connectivity index (χ1) is 10.5. The Kier molecular flexibility index (Phi) is 4.05. The van der Waals surface area contributed by atoms with Gasteiger partial charge in [-0.05, 0) is 38.7 Å². The van der Waals surface area contributed by atoms with Gasteiger partial charge in [-0.3, -0.25) is 10.1 Å². The maximum absolute atomic E-state index is 11.9. The van der Waals surface area contributed by atoms with Crippen LogP contribution in [0.25, 0.3) is 10.2 Å². The van der Waals surface area contributed by atoms with Crippen molar-refractivity contribution in [1.82, 2.24) is 15.3 Å². The van der Waals surface area contributed by atoms with Gasteiger partial charge in [0.15, 0.2) is 0 Å². The lowest BCUT2D eigenvalue weighted by Gasteiger charge is -2.11.